The van der Waals surface area contributed by atoms with Crippen molar-refractivity contribution in [2.45, 2.75) is 144 Å². The highest BCUT2D eigenvalue weighted by Gasteiger charge is 2.45. The Balaban J connectivity index is 1.37. The molecule has 0 saturated carbocycles. The molecule has 0 radical (unpaired) electrons. The normalized spacial score (nSPS) is 18.9. The summed E-state index contributed by atoms with van der Waals surface area (Å²) in [5.41, 5.74) is 10.2. The van der Waals surface area contributed by atoms with Crippen LogP contribution in [0.4, 0.5) is 11.4 Å². The molecule has 0 fully saturated rings. The lowest BCUT2D eigenvalue weighted by Gasteiger charge is -2.35. The van der Waals surface area contributed by atoms with E-state index in [4.69, 9.17) is 0 Å². The minimum Gasteiger partial charge on any atom is -0.367 e. The average molecular weight is 572 g/mol. The predicted octanol–water partition coefficient (Wildman–Crippen LogP) is 9.99. The number of carbonyl (C=O) groups excluding carboxylic acids is 1. The van der Waals surface area contributed by atoms with Gasteiger partial charge in [0, 0.05) is 53.6 Å². The Hall–Kier alpha value is -2.42. The van der Waals surface area contributed by atoms with Crippen LogP contribution in [0.25, 0.3) is 0 Å². The number of unbranched alkanes of at least 4 members (excludes halogenated alkanes) is 4. The van der Waals surface area contributed by atoms with Crippen molar-refractivity contribution in [3.8, 4) is 0 Å². The lowest BCUT2D eigenvalue weighted by atomic mass is 9.77. The molecule has 3 heteroatoms. The first kappa shape index (κ1) is 32.5. The van der Waals surface area contributed by atoms with Crippen molar-refractivity contribution in [2.75, 3.05) is 18.0 Å². The quantitative estimate of drug-likeness (QED) is 0.176. The van der Waals surface area contributed by atoms with Crippen LogP contribution in [-0.4, -0.2) is 35.2 Å². The van der Waals surface area contributed by atoms with Gasteiger partial charge in [-0.1, -0.05) is 83.2 Å². The summed E-state index contributed by atoms with van der Waals surface area (Å²) in [5, 5.41) is 0. The molecule has 0 aliphatic carbocycles. The fraction of sp³-hybridized carbons (Fsp3) is 0.641. The second-order valence-corrected chi connectivity index (χ2v) is 15.4. The van der Waals surface area contributed by atoms with Gasteiger partial charge in [-0.2, -0.15) is 4.58 Å². The molecule has 1 atom stereocenters. The van der Waals surface area contributed by atoms with Crippen molar-refractivity contribution < 1.29 is 9.37 Å². The second kappa shape index (κ2) is 12.7. The van der Waals surface area contributed by atoms with Crippen LogP contribution in [0, 0.1) is 19.3 Å². The van der Waals surface area contributed by atoms with E-state index >= 15 is 0 Å². The van der Waals surface area contributed by atoms with Gasteiger partial charge in [0.05, 0.1) is 5.41 Å². The second-order valence-electron chi connectivity index (χ2n) is 15.4. The Morgan fingerprint density at radius 1 is 0.857 bits per heavy atom. The van der Waals surface area contributed by atoms with Crippen LogP contribution in [0.2, 0.25) is 0 Å². The number of ketones is 1. The zero-order valence-corrected chi connectivity index (χ0v) is 28.6. The molecule has 230 valence electrons. The summed E-state index contributed by atoms with van der Waals surface area (Å²) < 4.78 is 2.59. The third-order valence-corrected chi connectivity index (χ3v) is 10.4. The first-order valence-corrected chi connectivity index (χ1v) is 16.9. The van der Waals surface area contributed by atoms with Crippen LogP contribution in [0.1, 0.15) is 135 Å². The van der Waals surface area contributed by atoms with E-state index in [1.165, 1.54) is 65.7 Å². The lowest BCUT2D eigenvalue weighted by molar-refractivity contribution is -0.435. The van der Waals surface area contributed by atoms with E-state index in [0.717, 1.165) is 32.4 Å². The highest BCUT2D eigenvalue weighted by Crippen LogP contribution is 2.47. The summed E-state index contributed by atoms with van der Waals surface area (Å²) in [6.07, 6.45) is 10.2. The van der Waals surface area contributed by atoms with E-state index in [-0.39, 0.29) is 16.2 Å². The zero-order valence-electron chi connectivity index (χ0n) is 28.6. The lowest BCUT2D eigenvalue weighted by Crippen LogP contribution is -2.42. The summed E-state index contributed by atoms with van der Waals surface area (Å²) in [5.74, 6) is 0.392. The Morgan fingerprint density at radius 3 is 2.17 bits per heavy atom. The minimum atomic E-state index is -0.218. The Kier molecular flexibility index (Phi) is 9.80. The van der Waals surface area contributed by atoms with E-state index in [9.17, 15) is 4.79 Å². The number of carbonyl (C=O) groups is 1. The number of rotatable bonds is 13. The topological polar surface area (TPSA) is 23.3 Å². The number of hydrogen-bond donors (Lipinski definition) is 0. The predicted molar refractivity (Wildman–Crippen MR) is 181 cm³/mol. The number of Topliss-reactive ketones (excluding diaryl/α,β-unsaturated/α-hetero) is 1. The molecule has 2 aromatic carbocycles. The van der Waals surface area contributed by atoms with E-state index < -0.39 is 0 Å². The van der Waals surface area contributed by atoms with Crippen LogP contribution >= 0.6 is 0 Å². The van der Waals surface area contributed by atoms with Crippen molar-refractivity contribution in [1.29, 1.82) is 0 Å². The summed E-state index contributed by atoms with van der Waals surface area (Å²) in [7, 11) is 0. The van der Waals surface area contributed by atoms with Gasteiger partial charge in [0.1, 0.15) is 12.3 Å². The highest BCUT2D eigenvalue weighted by molar-refractivity contribution is 5.95. The molecule has 1 unspecified atom stereocenters. The fourth-order valence-corrected chi connectivity index (χ4v) is 7.71. The van der Waals surface area contributed by atoms with Crippen LogP contribution in [0.15, 0.2) is 36.4 Å². The van der Waals surface area contributed by atoms with E-state index in [1.54, 1.807) is 5.71 Å². The van der Waals surface area contributed by atoms with E-state index in [0.29, 0.717) is 18.2 Å². The average Bonchev–Trinajstić information content (AvgIpc) is 3.25. The largest absolute Gasteiger partial charge is 0.367 e. The van der Waals surface area contributed by atoms with Crippen LogP contribution in [0.5, 0.6) is 0 Å². The number of benzene rings is 2. The summed E-state index contributed by atoms with van der Waals surface area (Å²) in [6, 6.07) is 14.6. The number of aryl methyl sites for hydroxylation is 2. The summed E-state index contributed by atoms with van der Waals surface area (Å²) in [4.78, 5) is 15.1. The molecule has 0 saturated heterocycles. The van der Waals surface area contributed by atoms with Crippen LogP contribution in [0.3, 0.4) is 0 Å². The van der Waals surface area contributed by atoms with Gasteiger partial charge in [-0.05, 0) is 78.0 Å². The van der Waals surface area contributed by atoms with Gasteiger partial charge < -0.3 is 4.90 Å². The number of hydrogen-bond acceptors (Lipinski definition) is 2. The van der Waals surface area contributed by atoms with Crippen molar-refractivity contribution in [1.82, 2.24) is 0 Å². The number of nitrogens with zero attached hydrogens (tertiary/aromatic N) is 2. The molecule has 4 rings (SSSR count). The molecule has 2 aromatic rings. The molecule has 42 heavy (non-hydrogen) atoms. The summed E-state index contributed by atoms with van der Waals surface area (Å²) in [6.45, 7) is 24.8. The Bertz CT molecular complexity index is 1310. The van der Waals surface area contributed by atoms with E-state index in [2.05, 4.69) is 94.3 Å². The third kappa shape index (κ3) is 6.56. The molecule has 0 bridgehead atoms. The monoisotopic (exact) mass is 571 g/mol. The van der Waals surface area contributed by atoms with Gasteiger partial charge in [-0.3, -0.25) is 4.79 Å². The van der Waals surface area contributed by atoms with E-state index in [1.807, 2.05) is 20.8 Å². The van der Waals surface area contributed by atoms with Crippen LogP contribution < -0.4 is 4.90 Å². The van der Waals surface area contributed by atoms with Crippen molar-refractivity contribution in [3.63, 3.8) is 0 Å². The van der Waals surface area contributed by atoms with Crippen molar-refractivity contribution in [2.24, 2.45) is 5.41 Å². The SMILES string of the molecule is CC[N+]1=C(CCCCCC2N(CCCCCC(=O)C(C)(C)C)c3ccc(C)cc3C2(C)C)C(C)(C)c2cc(C)ccc21. The molecule has 0 aromatic heterocycles. The molecular weight excluding hydrogens is 512 g/mol. The zero-order chi connectivity index (χ0) is 30.9. The first-order valence-electron chi connectivity index (χ1n) is 16.9. The molecule has 0 spiro atoms. The van der Waals surface area contributed by atoms with Gasteiger partial charge >= 0.3 is 0 Å². The fourth-order valence-electron chi connectivity index (χ4n) is 7.71. The first-order chi connectivity index (χ1) is 19.7. The molecule has 0 N–H and O–H groups in total. The Labute approximate surface area is 257 Å². The minimum absolute atomic E-state index is 0.110. The van der Waals surface area contributed by atoms with Gasteiger partial charge in [0.25, 0.3) is 0 Å². The Morgan fingerprint density at radius 2 is 1.50 bits per heavy atom. The van der Waals surface area contributed by atoms with Gasteiger partial charge in [-0.25, -0.2) is 0 Å². The highest BCUT2D eigenvalue weighted by atomic mass is 16.1. The molecular formula is C39H59N2O+. The maximum Gasteiger partial charge on any atom is 0.209 e. The summed E-state index contributed by atoms with van der Waals surface area (Å²) >= 11 is 0. The molecule has 0 amide bonds. The van der Waals surface area contributed by atoms with Gasteiger partial charge in [0.2, 0.25) is 5.69 Å². The molecule has 2 aliphatic heterocycles. The maximum atomic E-state index is 12.4. The standard InChI is InChI=1S/C39H59N2O/c1-11-40-32-23-21-28(2)26-30(32)38(7,8)34(40)18-14-12-15-19-35-39(9,10)31-27-29(3)22-24-33(31)41(35)25-17-13-16-20-36(42)37(4,5)6/h21-24,26-27,35H,11-20,25H2,1-10H3/q+1. The third-order valence-electron chi connectivity index (χ3n) is 10.4. The maximum absolute atomic E-state index is 12.4. The van der Waals surface area contributed by atoms with Crippen LogP contribution in [-0.2, 0) is 15.6 Å². The smallest absolute Gasteiger partial charge is 0.209 e. The van der Waals surface area contributed by atoms with Gasteiger partial charge in [0.15, 0.2) is 5.71 Å². The number of fused-ring (bicyclic) bond motifs is 2. The molecule has 3 nitrogen and oxygen atoms in total. The number of anilines is 1. The van der Waals surface area contributed by atoms with Gasteiger partial charge in [-0.15, -0.1) is 0 Å². The molecule has 2 aliphatic rings. The molecule has 2 heterocycles. The van der Waals surface area contributed by atoms with Crippen molar-refractivity contribution in [3.05, 3.63) is 58.7 Å². The van der Waals surface area contributed by atoms with Crippen molar-refractivity contribution >= 4 is 22.9 Å².